The number of carboxylic acids is 1. The third-order valence-electron chi connectivity index (χ3n) is 2.98. The lowest BCUT2D eigenvalue weighted by atomic mass is 10.2. The van der Waals surface area contributed by atoms with Crippen LogP contribution >= 0.6 is 11.6 Å². The van der Waals surface area contributed by atoms with Crippen molar-refractivity contribution in [2.75, 3.05) is 5.32 Å². The second-order valence-electron chi connectivity index (χ2n) is 4.88. The Hall–Kier alpha value is -2.53. The summed E-state index contributed by atoms with van der Waals surface area (Å²) in [5.41, 5.74) is 0.633. The Morgan fingerprint density at radius 2 is 1.52 bits per heavy atom. The number of anilines is 1. The van der Waals surface area contributed by atoms with E-state index in [1.807, 2.05) is 0 Å². The van der Waals surface area contributed by atoms with Crippen molar-refractivity contribution in [3.63, 3.8) is 0 Å². The van der Waals surface area contributed by atoms with E-state index in [0.717, 1.165) is 0 Å². The predicted molar refractivity (Wildman–Crippen MR) is 88.1 cm³/mol. The first-order valence-corrected chi connectivity index (χ1v) is 7.46. The van der Waals surface area contributed by atoms with Gasteiger partial charge < -0.3 is 15.2 Å². The molecule has 0 aliphatic carbocycles. The van der Waals surface area contributed by atoms with Crippen LogP contribution in [0.4, 0.5) is 5.69 Å². The molecule has 1 amide bonds. The topological polar surface area (TPSA) is 75.6 Å². The van der Waals surface area contributed by atoms with Crippen molar-refractivity contribution >= 4 is 29.2 Å². The van der Waals surface area contributed by atoms with Crippen LogP contribution in [0.25, 0.3) is 0 Å². The molecule has 0 aromatic heterocycles. The Kier molecular flexibility index (Phi) is 6.00. The summed E-state index contributed by atoms with van der Waals surface area (Å²) in [6.45, 7) is 0. The van der Waals surface area contributed by atoms with Crippen LogP contribution in [-0.2, 0) is 9.59 Å². The highest BCUT2D eigenvalue weighted by molar-refractivity contribution is 6.30. The standard InChI is InChI=1S/C17H16ClNO4/c18-12-4-8-14(9-5-12)23-15-10-6-13(7-11-15)19-16(20)2-1-3-17(21)22/h4-11H,1-3H2,(H,19,20)(H,21,22). The zero-order chi connectivity index (χ0) is 16.7. The highest BCUT2D eigenvalue weighted by Crippen LogP contribution is 2.24. The molecule has 23 heavy (non-hydrogen) atoms. The van der Waals surface area contributed by atoms with Crippen LogP contribution in [0.2, 0.25) is 5.02 Å². The van der Waals surface area contributed by atoms with E-state index < -0.39 is 5.97 Å². The predicted octanol–water partition coefficient (Wildman–Crippen LogP) is 4.33. The van der Waals surface area contributed by atoms with E-state index >= 15 is 0 Å². The number of nitrogens with one attached hydrogen (secondary N) is 1. The quantitative estimate of drug-likeness (QED) is 0.791. The average molecular weight is 334 g/mol. The van der Waals surface area contributed by atoms with E-state index in [1.54, 1.807) is 48.5 Å². The maximum atomic E-state index is 11.7. The van der Waals surface area contributed by atoms with E-state index in [-0.39, 0.29) is 18.7 Å². The Balaban J connectivity index is 1.85. The van der Waals surface area contributed by atoms with Gasteiger partial charge in [0.1, 0.15) is 11.5 Å². The fourth-order valence-corrected chi connectivity index (χ4v) is 1.99. The summed E-state index contributed by atoms with van der Waals surface area (Å²) < 4.78 is 5.65. The molecule has 0 aliphatic heterocycles. The molecule has 0 unspecified atom stereocenters. The third kappa shape index (κ3) is 6.00. The number of hydrogen-bond donors (Lipinski definition) is 2. The summed E-state index contributed by atoms with van der Waals surface area (Å²) in [6, 6.07) is 13.9. The third-order valence-corrected chi connectivity index (χ3v) is 3.23. The molecule has 0 bridgehead atoms. The SMILES string of the molecule is O=C(O)CCCC(=O)Nc1ccc(Oc2ccc(Cl)cc2)cc1. The van der Waals surface area contributed by atoms with Crippen LogP contribution in [0.3, 0.4) is 0 Å². The lowest BCUT2D eigenvalue weighted by Gasteiger charge is -2.08. The summed E-state index contributed by atoms with van der Waals surface area (Å²) in [6.07, 6.45) is 0.482. The molecule has 2 aromatic carbocycles. The number of aliphatic carboxylic acids is 1. The molecule has 0 atom stereocenters. The van der Waals surface area contributed by atoms with Crippen LogP contribution in [0.15, 0.2) is 48.5 Å². The Morgan fingerprint density at radius 1 is 0.957 bits per heavy atom. The van der Waals surface area contributed by atoms with Crippen LogP contribution < -0.4 is 10.1 Å². The zero-order valence-electron chi connectivity index (χ0n) is 12.3. The molecule has 2 rings (SSSR count). The summed E-state index contributed by atoms with van der Waals surface area (Å²) in [5, 5.41) is 11.9. The van der Waals surface area contributed by atoms with Gasteiger partial charge in [-0.1, -0.05) is 11.6 Å². The monoisotopic (exact) mass is 333 g/mol. The lowest BCUT2D eigenvalue weighted by Crippen LogP contribution is -2.11. The van der Waals surface area contributed by atoms with E-state index in [4.69, 9.17) is 21.4 Å². The largest absolute Gasteiger partial charge is 0.481 e. The Labute approximate surface area is 138 Å². The van der Waals surface area contributed by atoms with Gasteiger partial charge in [-0.3, -0.25) is 9.59 Å². The van der Waals surface area contributed by atoms with Crippen LogP contribution in [0.1, 0.15) is 19.3 Å². The van der Waals surface area contributed by atoms with Gasteiger partial charge in [-0.2, -0.15) is 0 Å². The molecule has 0 heterocycles. The molecule has 0 fully saturated rings. The van der Waals surface area contributed by atoms with E-state index in [0.29, 0.717) is 28.6 Å². The molecule has 0 aliphatic rings. The molecule has 2 aromatic rings. The van der Waals surface area contributed by atoms with Crippen LogP contribution in [-0.4, -0.2) is 17.0 Å². The van der Waals surface area contributed by atoms with Gasteiger partial charge in [0.15, 0.2) is 0 Å². The maximum absolute atomic E-state index is 11.7. The van der Waals surface area contributed by atoms with Crippen molar-refractivity contribution in [3.8, 4) is 11.5 Å². The molecule has 2 N–H and O–H groups in total. The number of amides is 1. The average Bonchev–Trinajstić information content (AvgIpc) is 2.51. The number of ether oxygens (including phenoxy) is 1. The lowest BCUT2D eigenvalue weighted by molar-refractivity contribution is -0.137. The maximum Gasteiger partial charge on any atom is 0.303 e. The van der Waals surface area contributed by atoms with E-state index in [9.17, 15) is 9.59 Å². The number of halogens is 1. The number of rotatable bonds is 7. The molecular formula is C17H16ClNO4. The molecule has 5 nitrogen and oxygen atoms in total. The molecule has 0 spiro atoms. The highest BCUT2D eigenvalue weighted by atomic mass is 35.5. The van der Waals surface area contributed by atoms with Crippen molar-refractivity contribution in [3.05, 3.63) is 53.6 Å². The minimum atomic E-state index is -0.901. The highest BCUT2D eigenvalue weighted by Gasteiger charge is 2.05. The first-order valence-electron chi connectivity index (χ1n) is 7.08. The molecule has 0 saturated heterocycles. The van der Waals surface area contributed by atoms with Gasteiger partial charge in [-0.05, 0) is 55.0 Å². The molecule has 0 saturated carbocycles. The number of carboxylic acid groups (broad SMARTS) is 1. The Bertz CT molecular complexity index is 668. The van der Waals surface area contributed by atoms with Crippen molar-refractivity contribution in [1.29, 1.82) is 0 Å². The van der Waals surface area contributed by atoms with E-state index in [2.05, 4.69) is 5.32 Å². The zero-order valence-corrected chi connectivity index (χ0v) is 13.0. The summed E-state index contributed by atoms with van der Waals surface area (Å²) in [4.78, 5) is 22.0. The first-order chi connectivity index (χ1) is 11.0. The molecule has 0 radical (unpaired) electrons. The van der Waals surface area contributed by atoms with Crippen molar-refractivity contribution in [2.45, 2.75) is 19.3 Å². The van der Waals surface area contributed by atoms with Gasteiger partial charge in [0.2, 0.25) is 5.91 Å². The normalized spacial score (nSPS) is 10.1. The van der Waals surface area contributed by atoms with Crippen molar-refractivity contribution < 1.29 is 19.4 Å². The van der Waals surface area contributed by atoms with Gasteiger partial charge in [-0.15, -0.1) is 0 Å². The van der Waals surface area contributed by atoms with Gasteiger partial charge in [0.05, 0.1) is 0 Å². The van der Waals surface area contributed by atoms with E-state index in [1.165, 1.54) is 0 Å². The van der Waals surface area contributed by atoms with Crippen molar-refractivity contribution in [2.24, 2.45) is 0 Å². The van der Waals surface area contributed by atoms with Gasteiger partial charge in [0, 0.05) is 23.6 Å². The second-order valence-corrected chi connectivity index (χ2v) is 5.31. The Morgan fingerprint density at radius 3 is 2.09 bits per heavy atom. The summed E-state index contributed by atoms with van der Waals surface area (Å²) in [5.74, 6) is 0.190. The molecule has 6 heteroatoms. The minimum absolute atomic E-state index is 0.0126. The van der Waals surface area contributed by atoms with Gasteiger partial charge >= 0.3 is 5.97 Å². The number of carbonyl (C=O) groups excluding carboxylic acids is 1. The van der Waals surface area contributed by atoms with Gasteiger partial charge in [-0.25, -0.2) is 0 Å². The van der Waals surface area contributed by atoms with Crippen molar-refractivity contribution in [1.82, 2.24) is 0 Å². The summed E-state index contributed by atoms with van der Waals surface area (Å²) >= 11 is 5.81. The van der Waals surface area contributed by atoms with Crippen LogP contribution in [0, 0.1) is 0 Å². The fourth-order valence-electron chi connectivity index (χ4n) is 1.87. The minimum Gasteiger partial charge on any atom is -0.481 e. The summed E-state index contributed by atoms with van der Waals surface area (Å²) in [7, 11) is 0. The smallest absolute Gasteiger partial charge is 0.303 e. The van der Waals surface area contributed by atoms with Crippen LogP contribution in [0.5, 0.6) is 11.5 Å². The first kappa shape index (κ1) is 16.8. The number of benzene rings is 2. The second kappa shape index (κ2) is 8.19. The molecule has 120 valence electrons. The molecular weight excluding hydrogens is 318 g/mol. The number of carbonyl (C=O) groups is 2. The number of hydrogen-bond acceptors (Lipinski definition) is 3. The fraction of sp³-hybridized carbons (Fsp3) is 0.176. The van der Waals surface area contributed by atoms with Gasteiger partial charge in [0.25, 0.3) is 0 Å².